The Kier molecular flexibility index (Phi) is 6.29. The van der Waals surface area contributed by atoms with Crippen molar-refractivity contribution in [2.75, 3.05) is 6.54 Å². The van der Waals surface area contributed by atoms with Crippen LogP contribution in [0.25, 0.3) is 0 Å². The molecule has 2 aromatic rings. The summed E-state index contributed by atoms with van der Waals surface area (Å²) in [6.45, 7) is 3.93. The molecule has 0 radical (unpaired) electrons. The van der Waals surface area contributed by atoms with Crippen molar-refractivity contribution in [1.82, 2.24) is 4.90 Å². The lowest BCUT2D eigenvalue weighted by atomic mass is 10.1. The van der Waals surface area contributed by atoms with E-state index in [2.05, 4.69) is 26.9 Å². The van der Waals surface area contributed by atoms with Crippen LogP contribution in [0.4, 0.5) is 8.78 Å². The van der Waals surface area contributed by atoms with Gasteiger partial charge in [-0.1, -0.05) is 24.3 Å². The van der Waals surface area contributed by atoms with Crippen LogP contribution in [0.3, 0.4) is 0 Å². The summed E-state index contributed by atoms with van der Waals surface area (Å²) in [4.78, 5) is 2.21. The highest BCUT2D eigenvalue weighted by molar-refractivity contribution is 9.11. The Morgan fingerprint density at radius 1 is 1.11 bits per heavy atom. The van der Waals surface area contributed by atoms with Gasteiger partial charge in [0.25, 0.3) is 0 Å². The molecular formula is C21H21BrF2N2O. The van der Waals surface area contributed by atoms with Crippen molar-refractivity contribution in [3.8, 4) is 0 Å². The second kappa shape index (κ2) is 8.67. The number of halogens is 3. The van der Waals surface area contributed by atoms with Crippen molar-refractivity contribution < 1.29 is 13.5 Å². The van der Waals surface area contributed by atoms with E-state index in [1.54, 1.807) is 0 Å². The fourth-order valence-corrected chi connectivity index (χ4v) is 3.47. The molecule has 0 unspecified atom stereocenters. The second-order valence-electron chi connectivity index (χ2n) is 6.41. The van der Waals surface area contributed by atoms with Gasteiger partial charge in [-0.3, -0.25) is 0 Å². The third-order valence-corrected chi connectivity index (χ3v) is 5.18. The Labute approximate surface area is 166 Å². The Morgan fingerprint density at radius 3 is 2.56 bits per heavy atom. The molecule has 0 saturated carbocycles. The van der Waals surface area contributed by atoms with E-state index < -0.39 is 11.6 Å². The number of ether oxygens (including phenoxy) is 1. The summed E-state index contributed by atoms with van der Waals surface area (Å²) in [5, 5.41) is 0. The molecule has 0 fully saturated rings. The number of benzene rings is 2. The number of rotatable bonds is 6. The molecule has 6 heteroatoms. The van der Waals surface area contributed by atoms with E-state index >= 15 is 0 Å². The van der Waals surface area contributed by atoms with E-state index in [1.165, 1.54) is 17.7 Å². The predicted molar refractivity (Wildman–Crippen MR) is 106 cm³/mol. The van der Waals surface area contributed by atoms with E-state index in [4.69, 9.17) is 10.5 Å². The summed E-state index contributed by atoms with van der Waals surface area (Å²) in [5.41, 5.74) is 9.50. The molecule has 0 aliphatic carbocycles. The smallest absolute Gasteiger partial charge is 0.133 e. The van der Waals surface area contributed by atoms with Gasteiger partial charge >= 0.3 is 0 Å². The number of hydrogen-bond donors (Lipinski definition) is 1. The minimum absolute atomic E-state index is 0.0380. The molecule has 3 nitrogen and oxygen atoms in total. The maximum Gasteiger partial charge on any atom is 0.133 e. The molecule has 2 N–H and O–H groups in total. The topological polar surface area (TPSA) is 38.5 Å². The molecule has 3 rings (SSSR count). The van der Waals surface area contributed by atoms with Crippen LogP contribution in [-0.2, 0) is 24.4 Å². The quantitative estimate of drug-likeness (QED) is 0.697. The van der Waals surface area contributed by atoms with Crippen molar-refractivity contribution in [2.45, 2.75) is 26.6 Å². The minimum atomic E-state index is -0.608. The van der Waals surface area contributed by atoms with Crippen molar-refractivity contribution in [2.24, 2.45) is 5.73 Å². The van der Waals surface area contributed by atoms with Gasteiger partial charge in [-0.2, -0.15) is 0 Å². The van der Waals surface area contributed by atoms with Gasteiger partial charge in [-0.15, -0.1) is 0 Å². The molecule has 1 aliphatic rings. The highest BCUT2D eigenvalue weighted by atomic mass is 79.9. The summed E-state index contributed by atoms with van der Waals surface area (Å²) >= 11 is 3.57. The van der Waals surface area contributed by atoms with Gasteiger partial charge < -0.3 is 15.4 Å². The molecule has 0 saturated heterocycles. The zero-order chi connectivity index (χ0) is 19.4. The molecule has 0 aromatic heterocycles. The van der Waals surface area contributed by atoms with Crippen molar-refractivity contribution >= 4 is 15.9 Å². The van der Waals surface area contributed by atoms with E-state index in [9.17, 15) is 8.78 Å². The number of nitrogens with two attached hydrogens (primary N) is 1. The number of allylic oxidation sites excluding steroid dienone is 2. The molecule has 142 valence electrons. The van der Waals surface area contributed by atoms with Crippen LogP contribution in [0, 0.1) is 11.6 Å². The average Bonchev–Trinajstić information content (AvgIpc) is 2.65. The molecule has 1 aliphatic heterocycles. The van der Waals surface area contributed by atoms with Gasteiger partial charge in [-0.25, -0.2) is 8.78 Å². The van der Waals surface area contributed by atoms with Crippen molar-refractivity contribution in [1.29, 1.82) is 0 Å². The van der Waals surface area contributed by atoms with E-state index in [0.29, 0.717) is 24.4 Å². The second-order valence-corrected chi connectivity index (χ2v) is 7.37. The van der Waals surface area contributed by atoms with E-state index in [0.717, 1.165) is 28.4 Å². The Balaban J connectivity index is 1.69. The minimum Gasteiger partial charge on any atom is -0.488 e. The van der Waals surface area contributed by atoms with Gasteiger partial charge in [0.1, 0.15) is 24.0 Å². The Bertz CT molecular complexity index is 896. The molecule has 0 amide bonds. The molecule has 0 bridgehead atoms. The maximum absolute atomic E-state index is 13.8. The number of hydrogen-bond acceptors (Lipinski definition) is 3. The van der Waals surface area contributed by atoms with Crippen LogP contribution >= 0.6 is 15.9 Å². The zero-order valence-corrected chi connectivity index (χ0v) is 16.6. The third-order valence-electron chi connectivity index (χ3n) is 4.53. The summed E-state index contributed by atoms with van der Waals surface area (Å²) in [7, 11) is 0. The fraction of sp³-hybridized carbons (Fsp3) is 0.238. The molecule has 0 spiro atoms. The average molecular weight is 435 g/mol. The van der Waals surface area contributed by atoms with E-state index in [1.807, 2.05) is 31.2 Å². The maximum atomic E-state index is 13.8. The lowest BCUT2D eigenvalue weighted by Crippen LogP contribution is -2.27. The van der Waals surface area contributed by atoms with Gasteiger partial charge in [0, 0.05) is 30.4 Å². The third kappa shape index (κ3) is 4.76. The van der Waals surface area contributed by atoms with Crippen LogP contribution in [0.15, 0.2) is 64.5 Å². The van der Waals surface area contributed by atoms with Gasteiger partial charge in [-0.05, 0) is 52.2 Å². The zero-order valence-electron chi connectivity index (χ0n) is 15.0. The summed E-state index contributed by atoms with van der Waals surface area (Å²) in [6, 6.07) is 11.6. The first kappa shape index (κ1) is 19.6. The molecule has 0 atom stereocenters. The van der Waals surface area contributed by atoms with Crippen LogP contribution in [0.1, 0.15) is 23.6 Å². The molecule has 2 aromatic carbocycles. The SMILES string of the molecule is CC1=CC(OCc2ccc(F)cc2F)=C(Br)CN1Cc1ccccc1CN. The summed E-state index contributed by atoms with van der Waals surface area (Å²) in [6.07, 6.45) is 1.92. The first-order chi connectivity index (χ1) is 13.0. The van der Waals surface area contributed by atoms with Gasteiger partial charge in [0.15, 0.2) is 0 Å². The van der Waals surface area contributed by atoms with Gasteiger partial charge in [0.05, 0.1) is 11.0 Å². The molecular weight excluding hydrogens is 414 g/mol. The normalized spacial score (nSPS) is 14.4. The van der Waals surface area contributed by atoms with Gasteiger partial charge in [0.2, 0.25) is 0 Å². The number of nitrogens with zero attached hydrogens (tertiary/aromatic N) is 1. The Hall–Kier alpha value is -2.18. The van der Waals surface area contributed by atoms with Crippen LogP contribution in [-0.4, -0.2) is 11.4 Å². The molecule has 1 heterocycles. The Morgan fingerprint density at radius 2 is 1.85 bits per heavy atom. The first-order valence-electron chi connectivity index (χ1n) is 8.63. The lowest BCUT2D eigenvalue weighted by Gasteiger charge is -2.30. The lowest BCUT2D eigenvalue weighted by molar-refractivity contribution is 0.197. The monoisotopic (exact) mass is 434 g/mol. The van der Waals surface area contributed by atoms with Crippen molar-refractivity contribution in [3.63, 3.8) is 0 Å². The van der Waals surface area contributed by atoms with E-state index in [-0.39, 0.29) is 6.61 Å². The highest BCUT2D eigenvalue weighted by Crippen LogP contribution is 2.28. The summed E-state index contributed by atoms with van der Waals surface area (Å²) < 4.78 is 33.4. The summed E-state index contributed by atoms with van der Waals surface area (Å²) in [5.74, 6) is -0.554. The van der Waals surface area contributed by atoms with Crippen LogP contribution < -0.4 is 5.73 Å². The fourth-order valence-electron chi connectivity index (χ4n) is 2.94. The highest BCUT2D eigenvalue weighted by Gasteiger charge is 2.19. The van der Waals surface area contributed by atoms with Crippen LogP contribution in [0.2, 0.25) is 0 Å². The first-order valence-corrected chi connectivity index (χ1v) is 9.42. The van der Waals surface area contributed by atoms with Crippen molar-refractivity contribution in [3.05, 3.63) is 92.8 Å². The largest absolute Gasteiger partial charge is 0.488 e. The van der Waals surface area contributed by atoms with Crippen LogP contribution in [0.5, 0.6) is 0 Å². The standard InChI is InChI=1S/C21H21BrF2N2O/c1-14-8-21(27-13-17-6-7-18(23)9-20(17)24)19(22)12-26(14)11-16-5-3-2-4-15(16)10-25/h2-9H,10-13,25H2,1H3. The predicted octanol–water partition coefficient (Wildman–Crippen LogP) is 4.97. The molecule has 27 heavy (non-hydrogen) atoms.